The molecule has 2 fully saturated rings. The molecular weight excluding hydrogens is 324 g/mol. The molecule has 2 N–H and O–H groups in total. The number of benzene rings is 2. The van der Waals surface area contributed by atoms with Crippen molar-refractivity contribution in [2.75, 3.05) is 23.3 Å². The van der Waals surface area contributed by atoms with Gasteiger partial charge in [0.2, 0.25) is 5.91 Å². The number of phenols is 1. The minimum absolute atomic E-state index is 0.0304. The Labute approximate surface area is 154 Å². The second-order valence-electron chi connectivity index (χ2n) is 7.75. The fraction of sp³-hybridized carbons (Fsp3) is 0.409. The molecule has 1 amide bonds. The molecule has 1 saturated heterocycles. The molecule has 4 nitrogen and oxygen atoms in total. The highest BCUT2D eigenvalue weighted by molar-refractivity contribution is 5.95. The van der Waals surface area contributed by atoms with Crippen molar-refractivity contribution in [2.24, 2.45) is 11.8 Å². The van der Waals surface area contributed by atoms with Gasteiger partial charge in [0.05, 0.1) is 0 Å². The summed E-state index contributed by atoms with van der Waals surface area (Å²) >= 11 is 0. The molecule has 0 spiro atoms. The van der Waals surface area contributed by atoms with Crippen LogP contribution in [0.5, 0.6) is 5.75 Å². The highest BCUT2D eigenvalue weighted by Gasteiger charge is 2.43. The van der Waals surface area contributed by atoms with Crippen LogP contribution in [0.25, 0.3) is 0 Å². The quantitative estimate of drug-likeness (QED) is 0.861. The Morgan fingerprint density at radius 2 is 1.69 bits per heavy atom. The fourth-order valence-corrected chi connectivity index (χ4v) is 3.83. The van der Waals surface area contributed by atoms with Crippen molar-refractivity contribution in [3.8, 4) is 5.75 Å². The third-order valence-electron chi connectivity index (χ3n) is 5.73. The SMILES string of the molecule is CC1CCN(c2ccc(NC(=O)C3CC3c3ccc(O)cc3)cc2)CC1. The normalized spacial score (nSPS) is 22.9. The minimum Gasteiger partial charge on any atom is -0.508 e. The van der Waals surface area contributed by atoms with Crippen LogP contribution in [0.15, 0.2) is 48.5 Å². The zero-order chi connectivity index (χ0) is 18.1. The van der Waals surface area contributed by atoms with Gasteiger partial charge >= 0.3 is 0 Å². The van der Waals surface area contributed by atoms with E-state index in [9.17, 15) is 9.90 Å². The molecule has 1 heterocycles. The van der Waals surface area contributed by atoms with E-state index >= 15 is 0 Å². The van der Waals surface area contributed by atoms with Gasteiger partial charge in [-0.05, 0) is 73.1 Å². The number of amides is 1. The Hall–Kier alpha value is -2.49. The van der Waals surface area contributed by atoms with Crippen LogP contribution in [0.1, 0.15) is 37.7 Å². The van der Waals surface area contributed by atoms with Crippen LogP contribution in [0.4, 0.5) is 11.4 Å². The number of piperidine rings is 1. The summed E-state index contributed by atoms with van der Waals surface area (Å²) in [5.41, 5.74) is 3.22. The van der Waals surface area contributed by atoms with Crippen LogP contribution >= 0.6 is 0 Å². The third-order valence-corrected chi connectivity index (χ3v) is 5.73. The first-order valence-electron chi connectivity index (χ1n) is 9.55. The summed E-state index contributed by atoms with van der Waals surface area (Å²) in [6, 6.07) is 15.4. The lowest BCUT2D eigenvalue weighted by Gasteiger charge is -2.32. The number of hydrogen-bond acceptors (Lipinski definition) is 3. The first-order valence-corrected chi connectivity index (χ1v) is 9.55. The Kier molecular flexibility index (Phi) is 4.58. The van der Waals surface area contributed by atoms with E-state index in [0.717, 1.165) is 36.7 Å². The molecule has 4 heteroatoms. The van der Waals surface area contributed by atoms with Crippen LogP contribution in [0.2, 0.25) is 0 Å². The van der Waals surface area contributed by atoms with Gasteiger partial charge in [-0.25, -0.2) is 0 Å². The number of nitrogens with zero attached hydrogens (tertiary/aromatic N) is 1. The maximum absolute atomic E-state index is 12.5. The van der Waals surface area contributed by atoms with Crippen molar-refractivity contribution >= 4 is 17.3 Å². The van der Waals surface area contributed by atoms with Crippen LogP contribution in [0, 0.1) is 11.8 Å². The zero-order valence-electron chi connectivity index (χ0n) is 15.2. The van der Waals surface area contributed by atoms with Gasteiger partial charge in [0.1, 0.15) is 5.75 Å². The summed E-state index contributed by atoms with van der Waals surface area (Å²) in [4.78, 5) is 14.9. The van der Waals surface area contributed by atoms with Crippen molar-refractivity contribution in [3.63, 3.8) is 0 Å². The summed E-state index contributed by atoms with van der Waals surface area (Å²) in [6.07, 6.45) is 3.37. The average molecular weight is 350 g/mol. The van der Waals surface area contributed by atoms with E-state index in [1.54, 1.807) is 12.1 Å². The van der Waals surface area contributed by atoms with Crippen LogP contribution in [0.3, 0.4) is 0 Å². The predicted molar refractivity (Wildman–Crippen MR) is 105 cm³/mol. The van der Waals surface area contributed by atoms with E-state index in [0.29, 0.717) is 0 Å². The summed E-state index contributed by atoms with van der Waals surface area (Å²) in [5.74, 6) is 1.47. The number of carbonyl (C=O) groups excluding carboxylic acids is 1. The summed E-state index contributed by atoms with van der Waals surface area (Å²) in [6.45, 7) is 4.55. The van der Waals surface area contributed by atoms with E-state index < -0.39 is 0 Å². The van der Waals surface area contributed by atoms with Gasteiger partial charge in [-0.1, -0.05) is 19.1 Å². The summed E-state index contributed by atoms with van der Waals surface area (Å²) in [7, 11) is 0. The van der Waals surface area contributed by atoms with E-state index in [-0.39, 0.29) is 23.5 Å². The van der Waals surface area contributed by atoms with Gasteiger partial charge in [0.15, 0.2) is 0 Å². The molecule has 2 atom stereocenters. The van der Waals surface area contributed by atoms with Gasteiger partial charge in [-0.3, -0.25) is 4.79 Å². The van der Waals surface area contributed by atoms with Crippen LogP contribution in [-0.2, 0) is 4.79 Å². The van der Waals surface area contributed by atoms with Crippen molar-refractivity contribution in [3.05, 3.63) is 54.1 Å². The topological polar surface area (TPSA) is 52.6 Å². The van der Waals surface area contributed by atoms with E-state index in [1.807, 2.05) is 24.3 Å². The van der Waals surface area contributed by atoms with Gasteiger partial charge in [-0.15, -0.1) is 0 Å². The van der Waals surface area contributed by atoms with Crippen LogP contribution < -0.4 is 10.2 Å². The smallest absolute Gasteiger partial charge is 0.228 e. The number of anilines is 2. The maximum atomic E-state index is 12.5. The molecule has 2 aromatic rings. The zero-order valence-corrected chi connectivity index (χ0v) is 15.2. The second kappa shape index (κ2) is 7.02. The van der Waals surface area contributed by atoms with Gasteiger partial charge in [-0.2, -0.15) is 0 Å². The molecule has 1 aliphatic carbocycles. The van der Waals surface area contributed by atoms with Crippen molar-refractivity contribution in [2.45, 2.75) is 32.1 Å². The molecule has 2 aliphatic rings. The molecular formula is C22H26N2O2. The monoisotopic (exact) mass is 350 g/mol. The highest BCUT2D eigenvalue weighted by Crippen LogP contribution is 2.48. The fourth-order valence-electron chi connectivity index (χ4n) is 3.83. The Bertz CT molecular complexity index is 762. The molecule has 26 heavy (non-hydrogen) atoms. The van der Waals surface area contributed by atoms with Crippen molar-refractivity contribution < 1.29 is 9.90 Å². The Morgan fingerprint density at radius 1 is 1.04 bits per heavy atom. The lowest BCUT2D eigenvalue weighted by molar-refractivity contribution is -0.117. The second-order valence-corrected chi connectivity index (χ2v) is 7.75. The van der Waals surface area contributed by atoms with Gasteiger partial charge < -0.3 is 15.3 Å². The number of hydrogen-bond donors (Lipinski definition) is 2. The largest absolute Gasteiger partial charge is 0.508 e. The Morgan fingerprint density at radius 3 is 2.35 bits per heavy atom. The number of carbonyl (C=O) groups is 1. The molecule has 136 valence electrons. The highest BCUT2D eigenvalue weighted by atomic mass is 16.3. The van der Waals surface area contributed by atoms with Crippen molar-refractivity contribution in [1.82, 2.24) is 0 Å². The lowest BCUT2D eigenvalue weighted by atomic mass is 9.99. The summed E-state index contributed by atoms with van der Waals surface area (Å²) < 4.78 is 0. The Balaban J connectivity index is 1.33. The van der Waals surface area contributed by atoms with Crippen molar-refractivity contribution in [1.29, 1.82) is 0 Å². The molecule has 0 bridgehead atoms. The first kappa shape index (κ1) is 17.0. The third kappa shape index (κ3) is 3.69. The molecule has 4 rings (SSSR count). The van der Waals surface area contributed by atoms with Crippen LogP contribution in [-0.4, -0.2) is 24.1 Å². The number of nitrogens with one attached hydrogen (secondary N) is 1. The molecule has 2 aromatic carbocycles. The van der Waals surface area contributed by atoms with Gasteiger partial charge in [0.25, 0.3) is 0 Å². The minimum atomic E-state index is 0.0304. The molecule has 1 aliphatic heterocycles. The lowest BCUT2D eigenvalue weighted by Crippen LogP contribution is -2.32. The summed E-state index contributed by atoms with van der Waals surface area (Å²) in [5, 5.41) is 12.4. The van der Waals surface area contributed by atoms with E-state index in [4.69, 9.17) is 0 Å². The van der Waals surface area contributed by atoms with E-state index in [2.05, 4.69) is 29.3 Å². The maximum Gasteiger partial charge on any atom is 0.228 e. The molecule has 0 aromatic heterocycles. The average Bonchev–Trinajstić information content (AvgIpc) is 3.45. The molecule has 2 unspecified atom stereocenters. The number of rotatable bonds is 4. The standard InChI is InChI=1S/C22H26N2O2/c1-15-10-12-24(13-11-15)18-6-4-17(5-7-18)23-22(26)21-14-20(21)16-2-8-19(25)9-3-16/h2-9,15,20-21,25H,10-14H2,1H3,(H,23,26). The van der Waals surface area contributed by atoms with E-state index in [1.165, 1.54) is 18.5 Å². The number of phenolic OH excluding ortho intramolecular Hbond substituents is 1. The number of aromatic hydroxyl groups is 1. The first-order chi connectivity index (χ1) is 12.6. The predicted octanol–water partition coefficient (Wildman–Crippen LogP) is 4.37. The van der Waals surface area contributed by atoms with Gasteiger partial charge in [0, 0.05) is 30.4 Å². The molecule has 0 radical (unpaired) electrons. The molecule has 1 saturated carbocycles.